The molecule has 0 saturated carbocycles. The lowest BCUT2D eigenvalue weighted by molar-refractivity contribution is -0.133. The van der Waals surface area contributed by atoms with E-state index in [2.05, 4.69) is 29.3 Å². The second-order valence-electron chi connectivity index (χ2n) is 7.35. The van der Waals surface area contributed by atoms with Gasteiger partial charge in [-0.05, 0) is 37.1 Å². The lowest BCUT2D eigenvalue weighted by Crippen LogP contribution is -2.53. The number of nitrogens with one attached hydrogen (secondary N) is 1. The monoisotopic (exact) mass is 417 g/mol. The van der Waals surface area contributed by atoms with Gasteiger partial charge in [-0.3, -0.25) is 9.69 Å². The molecule has 5 nitrogen and oxygen atoms in total. The first kappa shape index (κ1) is 23.2. The minimum Gasteiger partial charge on any atom is -0.489 e. The lowest BCUT2D eigenvalue weighted by atomic mass is 10.2. The van der Waals surface area contributed by atoms with Crippen LogP contribution < -0.4 is 10.1 Å². The van der Waals surface area contributed by atoms with Crippen molar-refractivity contribution in [3.8, 4) is 5.75 Å². The summed E-state index contributed by atoms with van der Waals surface area (Å²) in [5.41, 5.74) is 2.27. The van der Waals surface area contributed by atoms with Crippen LogP contribution >= 0.6 is 12.4 Å². The number of carbonyl (C=O) groups excluding carboxylic acids is 1. The molecule has 3 rings (SSSR count). The summed E-state index contributed by atoms with van der Waals surface area (Å²) in [5, 5.41) is 3.37. The maximum Gasteiger partial charge on any atom is 0.237 e. The summed E-state index contributed by atoms with van der Waals surface area (Å²) in [7, 11) is 0. The van der Waals surface area contributed by atoms with Crippen molar-refractivity contribution in [2.45, 2.75) is 33.0 Å². The van der Waals surface area contributed by atoms with Crippen LogP contribution in [0.1, 0.15) is 25.0 Å². The molecule has 2 aromatic rings. The van der Waals surface area contributed by atoms with Crippen LogP contribution in [0.15, 0.2) is 54.6 Å². The average Bonchev–Trinajstić information content (AvgIpc) is 2.73. The molecule has 1 atom stereocenters. The van der Waals surface area contributed by atoms with Crippen LogP contribution in [0, 0.1) is 0 Å². The molecule has 0 unspecified atom stereocenters. The standard InChI is InChI=1S/C23H31N3O2.ClH/c1-3-25(23(27)17-26-14-13-24-15-19(26)2)16-20-9-11-22(12-10-20)28-18-21-7-5-4-6-8-21;/h4-12,19,24H,3,13-18H2,1-2H3;1H/t19-;/m0./s1. The van der Waals surface area contributed by atoms with Gasteiger partial charge in [0.05, 0.1) is 6.54 Å². The molecule has 2 aromatic carbocycles. The van der Waals surface area contributed by atoms with E-state index in [-0.39, 0.29) is 18.3 Å². The Kier molecular flexibility index (Phi) is 9.45. The zero-order valence-corrected chi connectivity index (χ0v) is 18.2. The summed E-state index contributed by atoms with van der Waals surface area (Å²) in [6.45, 7) is 9.44. The van der Waals surface area contributed by atoms with Crippen molar-refractivity contribution in [1.29, 1.82) is 0 Å². The lowest BCUT2D eigenvalue weighted by Gasteiger charge is -2.34. The number of carbonyl (C=O) groups is 1. The molecule has 0 bridgehead atoms. The van der Waals surface area contributed by atoms with E-state index in [4.69, 9.17) is 4.74 Å². The largest absolute Gasteiger partial charge is 0.489 e. The number of likely N-dealkylation sites (N-methyl/N-ethyl adjacent to an activating group) is 1. The SMILES string of the molecule is CCN(Cc1ccc(OCc2ccccc2)cc1)C(=O)CN1CCNC[C@@H]1C.Cl. The van der Waals surface area contributed by atoms with E-state index in [1.165, 1.54) is 0 Å². The summed E-state index contributed by atoms with van der Waals surface area (Å²) < 4.78 is 5.84. The van der Waals surface area contributed by atoms with Gasteiger partial charge in [-0.25, -0.2) is 0 Å². The molecule has 1 saturated heterocycles. The molecule has 1 heterocycles. The first-order chi connectivity index (χ1) is 13.7. The Hall–Kier alpha value is -2.08. The highest BCUT2D eigenvalue weighted by Gasteiger charge is 2.22. The normalized spacial score (nSPS) is 16.7. The van der Waals surface area contributed by atoms with E-state index in [0.29, 0.717) is 32.3 Å². The third kappa shape index (κ3) is 7.03. The van der Waals surface area contributed by atoms with E-state index in [1.54, 1.807) is 0 Å². The van der Waals surface area contributed by atoms with E-state index in [9.17, 15) is 4.79 Å². The fraction of sp³-hybridized carbons (Fsp3) is 0.435. The van der Waals surface area contributed by atoms with Crippen LogP contribution in [0.4, 0.5) is 0 Å². The van der Waals surface area contributed by atoms with Crippen LogP contribution in [0.5, 0.6) is 5.75 Å². The first-order valence-electron chi connectivity index (χ1n) is 10.1. The highest BCUT2D eigenvalue weighted by molar-refractivity contribution is 5.85. The fourth-order valence-electron chi connectivity index (χ4n) is 3.42. The zero-order valence-electron chi connectivity index (χ0n) is 17.3. The number of benzene rings is 2. The van der Waals surface area contributed by atoms with Crippen LogP contribution in [0.3, 0.4) is 0 Å². The van der Waals surface area contributed by atoms with Gasteiger partial charge in [-0.15, -0.1) is 12.4 Å². The number of amides is 1. The molecular formula is C23H32ClN3O2. The number of piperazine rings is 1. The molecule has 158 valence electrons. The van der Waals surface area contributed by atoms with Crippen LogP contribution in [0.2, 0.25) is 0 Å². The van der Waals surface area contributed by atoms with Gasteiger partial charge in [-0.2, -0.15) is 0 Å². The summed E-state index contributed by atoms with van der Waals surface area (Å²) in [5.74, 6) is 1.04. The average molecular weight is 418 g/mol. The number of nitrogens with zero attached hydrogens (tertiary/aromatic N) is 2. The molecule has 0 aromatic heterocycles. The van der Waals surface area contributed by atoms with Crippen LogP contribution in [0.25, 0.3) is 0 Å². The Labute approximate surface area is 180 Å². The Morgan fingerprint density at radius 2 is 1.86 bits per heavy atom. The second kappa shape index (κ2) is 11.8. The molecular weight excluding hydrogens is 386 g/mol. The highest BCUT2D eigenvalue weighted by Crippen LogP contribution is 2.16. The van der Waals surface area contributed by atoms with E-state index in [1.807, 2.05) is 54.3 Å². The fourth-order valence-corrected chi connectivity index (χ4v) is 3.42. The van der Waals surface area contributed by atoms with Crippen molar-refractivity contribution < 1.29 is 9.53 Å². The molecule has 1 fully saturated rings. The van der Waals surface area contributed by atoms with Crippen LogP contribution in [-0.4, -0.2) is 54.5 Å². The van der Waals surface area contributed by atoms with Gasteiger partial charge in [0.15, 0.2) is 0 Å². The van der Waals surface area contributed by atoms with Crippen molar-refractivity contribution in [1.82, 2.24) is 15.1 Å². The number of ether oxygens (including phenoxy) is 1. The Balaban J connectivity index is 0.00000300. The quantitative estimate of drug-likeness (QED) is 0.715. The molecule has 1 amide bonds. The van der Waals surface area contributed by atoms with Crippen molar-refractivity contribution in [3.05, 3.63) is 65.7 Å². The van der Waals surface area contributed by atoms with Crippen molar-refractivity contribution in [2.75, 3.05) is 32.7 Å². The van der Waals surface area contributed by atoms with Gasteiger partial charge in [0.1, 0.15) is 12.4 Å². The minimum absolute atomic E-state index is 0. The number of halogens is 1. The van der Waals surface area contributed by atoms with Gasteiger partial charge in [-0.1, -0.05) is 42.5 Å². The summed E-state index contributed by atoms with van der Waals surface area (Å²) in [4.78, 5) is 16.9. The number of rotatable bonds is 8. The summed E-state index contributed by atoms with van der Waals surface area (Å²) >= 11 is 0. The maximum atomic E-state index is 12.8. The Bertz CT molecular complexity index is 740. The first-order valence-corrected chi connectivity index (χ1v) is 10.1. The Morgan fingerprint density at radius 3 is 2.52 bits per heavy atom. The van der Waals surface area contributed by atoms with Gasteiger partial charge in [0.2, 0.25) is 5.91 Å². The smallest absolute Gasteiger partial charge is 0.237 e. The topological polar surface area (TPSA) is 44.8 Å². The maximum absolute atomic E-state index is 12.8. The number of hydrogen-bond acceptors (Lipinski definition) is 4. The van der Waals surface area contributed by atoms with Gasteiger partial charge >= 0.3 is 0 Å². The van der Waals surface area contributed by atoms with Crippen molar-refractivity contribution in [2.24, 2.45) is 0 Å². The molecule has 29 heavy (non-hydrogen) atoms. The zero-order chi connectivity index (χ0) is 19.8. The molecule has 0 aliphatic carbocycles. The van der Waals surface area contributed by atoms with Crippen molar-refractivity contribution in [3.63, 3.8) is 0 Å². The summed E-state index contributed by atoms with van der Waals surface area (Å²) in [6, 6.07) is 18.6. The third-order valence-electron chi connectivity index (χ3n) is 5.26. The molecule has 0 spiro atoms. The molecule has 0 radical (unpaired) electrons. The minimum atomic E-state index is 0. The van der Waals surface area contributed by atoms with E-state index < -0.39 is 0 Å². The molecule has 6 heteroatoms. The third-order valence-corrected chi connectivity index (χ3v) is 5.26. The van der Waals surface area contributed by atoms with E-state index in [0.717, 1.165) is 36.5 Å². The van der Waals surface area contributed by atoms with Gasteiger partial charge < -0.3 is 15.0 Å². The number of hydrogen-bond donors (Lipinski definition) is 1. The van der Waals surface area contributed by atoms with E-state index >= 15 is 0 Å². The van der Waals surface area contributed by atoms with Crippen LogP contribution in [-0.2, 0) is 17.9 Å². The Morgan fingerprint density at radius 1 is 1.14 bits per heavy atom. The molecule has 1 aliphatic heterocycles. The van der Waals surface area contributed by atoms with Gasteiger partial charge in [0.25, 0.3) is 0 Å². The van der Waals surface area contributed by atoms with Crippen molar-refractivity contribution >= 4 is 18.3 Å². The second-order valence-corrected chi connectivity index (χ2v) is 7.35. The highest BCUT2D eigenvalue weighted by atomic mass is 35.5. The summed E-state index contributed by atoms with van der Waals surface area (Å²) in [6.07, 6.45) is 0. The van der Waals surface area contributed by atoms with Gasteiger partial charge in [0, 0.05) is 38.8 Å². The predicted molar refractivity (Wildman–Crippen MR) is 119 cm³/mol. The molecule has 1 aliphatic rings. The predicted octanol–water partition coefficient (Wildman–Crippen LogP) is 3.33. The molecule has 1 N–H and O–H groups in total.